The van der Waals surface area contributed by atoms with E-state index in [1.165, 1.54) is 5.69 Å². The number of hydrogen-bond donors (Lipinski definition) is 1. The molecule has 0 aliphatic carbocycles. The highest BCUT2D eigenvalue weighted by atomic mass is 16.5. The van der Waals surface area contributed by atoms with Crippen molar-refractivity contribution < 1.29 is 9.53 Å². The van der Waals surface area contributed by atoms with Crippen LogP contribution in [0.2, 0.25) is 0 Å². The van der Waals surface area contributed by atoms with Crippen molar-refractivity contribution in [1.29, 1.82) is 0 Å². The number of rotatable bonds is 5. The highest BCUT2D eigenvalue weighted by molar-refractivity contribution is 6.06. The first kappa shape index (κ1) is 19.2. The van der Waals surface area contributed by atoms with Crippen molar-refractivity contribution in [3.63, 3.8) is 0 Å². The maximum Gasteiger partial charge on any atom is 0.255 e. The number of piperazine rings is 1. The fourth-order valence-electron chi connectivity index (χ4n) is 3.72. The zero-order chi connectivity index (χ0) is 20.2. The summed E-state index contributed by atoms with van der Waals surface area (Å²) in [6.45, 7) is 7.57. The summed E-state index contributed by atoms with van der Waals surface area (Å²) in [4.78, 5) is 21.9. The van der Waals surface area contributed by atoms with E-state index in [4.69, 9.17) is 4.74 Å². The molecule has 4 rings (SSSR count). The number of carbonyl (C=O) groups is 1. The maximum atomic E-state index is 12.7. The number of carbonyl (C=O) groups excluding carboxylic acids is 1. The van der Waals surface area contributed by atoms with E-state index >= 15 is 0 Å². The number of methoxy groups -OCH3 is 1. The molecular formula is C23H26N4O2. The van der Waals surface area contributed by atoms with Crippen LogP contribution in [0, 0.1) is 0 Å². The molecule has 0 bridgehead atoms. The van der Waals surface area contributed by atoms with Crippen molar-refractivity contribution >= 4 is 28.2 Å². The standard InChI is InChI=1S/C23H26N4O2/c1-3-26-12-14-27(15-13-26)19-7-5-18(6-8-19)25-23(28)17-4-9-20-21(16-17)24-11-10-22(20)29-2/h4-11,16H,3,12-15H2,1-2H3,(H,25,28). The van der Waals surface area contributed by atoms with Crippen LogP contribution in [0.5, 0.6) is 5.75 Å². The molecule has 1 N–H and O–H groups in total. The summed E-state index contributed by atoms with van der Waals surface area (Å²) in [5.41, 5.74) is 3.28. The lowest BCUT2D eigenvalue weighted by Gasteiger charge is -2.35. The Morgan fingerprint density at radius 3 is 2.52 bits per heavy atom. The van der Waals surface area contributed by atoms with Crippen LogP contribution in [-0.4, -0.2) is 55.6 Å². The molecule has 1 aliphatic heterocycles. The molecule has 1 aliphatic rings. The van der Waals surface area contributed by atoms with Gasteiger partial charge in [-0.05, 0) is 55.1 Å². The van der Waals surface area contributed by atoms with Crippen molar-refractivity contribution in [2.24, 2.45) is 0 Å². The van der Waals surface area contributed by atoms with Gasteiger partial charge in [-0.1, -0.05) is 6.92 Å². The van der Waals surface area contributed by atoms with Crippen LogP contribution in [0.4, 0.5) is 11.4 Å². The Labute approximate surface area is 171 Å². The summed E-state index contributed by atoms with van der Waals surface area (Å²) in [6.07, 6.45) is 1.68. The number of pyridine rings is 1. The molecule has 0 spiro atoms. The number of anilines is 2. The molecule has 1 aromatic heterocycles. The molecule has 0 saturated carbocycles. The van der Waals surface area contributed by atoms with E-state index < -0.39 is 0 Å². The minimum atomic E-state index is -0.152. The van der Waals surface area contributed by atoms with Crippen molar-refractivity contribution in [3.05, 3.63) is 60.3 Å². The number of aromatic nitrogens is 1. The van der Waals surface area contributed by atoms with Crippen molar-refractivity contribution in [2.75, 3.05) is 50.1 Å². The number of fused-ring (bicyclic) bond motifs is 1. The van der Waals surface area contributed by atoms with Gasteiger partial charge in [-0.15, -0.1) is 0 Å². The van der Waals surface area contributed by atoms with E-state index in [1.807, 2.05) is 24.3 Å². The predicted octanol–water partition coefficient (Wildman–Crippen LogP) is 3.64. The van der Waals surface area contributed by atoms with E-state index in [-0.39, 0.29) is 5.91 Å². The number of hydrogen-bond acceptors (Lipinski definition) is 5. The zero-order valence-corrected chi connectivity index (χ0v) is 16.9. The van der Waals surface area contributed by atoms with Gasteiger partial charge < -0.3 is 19.9 Å². The second-order valence-corrected chi connectivity index (χ2v) is 7.17. The summed E-state index contributed by atoms with van der Waals surface area (Å²) in [5, 5.41) is 3.86. The number of amides is 1. The van der Waals surface area contributed by atoms with Gasteiger partial charge in [-0.3, -0.25) is 9.78 Å². The molecule has 0 atom stereocenters. The third-order valence-corrected chi connectivity index (χ3v) is 5.49. The highest BCUT2D eigenvalue weighted by Gasteiger charge is 2.16. The monoisotopic (exact) mass is 390 g/mol. The van der Waals surface area contributed by atoms with Crippen molar-refractivity contribution in [3.8, 4) is 5.75 Å². The molecule has 2 aromatic carbocycles. The minimum absolute atomic E-state index is 0.152. The minimum Gasteiger partial charge on any atom is -0.496 e. The predicted molar refractivity (Wildman–Crippen MR) is 117 cm³/mol. The molecule has 2 heterocycles. The first-order valence-corrected chi connectivity index (χ1v) is 9.99. The zero-order valence-electron chi connectivity index (χ0n) is 16.9. The Morgan fingerprint density at radius 2 is 1.83 bits per heavy atom. The third-order valence-electron chi connectivity index (χ3n) is 5.49. The largest absolute Gasteiger partial charge is 0.496 e. The van der Waals surface area contributed by atoms with Gasteiger partial charge in [0.15, 0.2) is 0 Å². The summed E-state index contributed by atoms with van der Waals surface area (Å²) >= 11 is 0. The Morgan fingerprint density at radius 1 is 1.07 bits per heavy atom. The van der Waals surface area contributed by atoms with E-state index in [0.29, 0.717) is 5.56 Å². The quantitative estimate of drug-likeness (QED) is 0.721. The fraction of sp³-hybridized carbons (Fsp3) is 0.304. The molecular weight excluding hydrogens is 364 g/mol. The number of ether oxygens (including phenoxy) is 1. The maximum absolute atomic E-state index is 12.7. The van der Waals surface area contributed by atoms with Gasteiger partial charge in [0.25, 0.3) is 5.91 Å². The average molecular weight is 390 g/mol. The molecule has 1 amide bonds. The Hall–Kier alpha value is -3.12. The van der Waals surface area contributed by atoms with Gasteiger partial charge in [-0.25, -0.2) is 0 Å². The van der Waals surface area contributed by atoms with Gasteiger partial charge in [0.1, 0.15) is 5.75 Å². The molecule has 0 radical (unpaired) electrons. The molecule has 29 heavy (non-hydrogen) atoms. The fourth-order valence-corrected chi connectivity index (χ4v) is 3.72. The van der Waals surface area contributed by atoms with E-state index in [0.717, 1.165) is 55.1 Å². The SMILES string of the molecule is CCN1CCN(c2ccc(NC(=O)c3ccc4c(OC)ccnc4c3)cc2)CC1. The molecule has 0 unspecified atom stereocenters. The summed E-state index contributed by atoms with van der Waals surface area (Å²) < 4.78 is 5.35. The Kier molecular flexibility index (Phi) is 5.62. The molecule has 1 saturated heterocycles. The lowest BCUT2D eigenvalue weighted by Crippen LogP contribution is -2.46. The Balaban J connectivity index is 1.44. The van der Waals surface area contributed by atoms with Crippen LogP contribution in [0.1, 0.15) is 17.3 Å². The van der Waals surface area contributed by atoms with Gasteiger partial charge in [0.2, 0.25) is 0 Å². The summed E-state index contributed by atoms with van der Waals surface area (Å²) in [7, 11) is 1.63. The number of nitrogens with zero attached hydrogens (tertiary/aromatic N) is 3. The first-order valence-electron chi connectivity index (χ1n) is 9.99. The molecule has 3 aromatic rings. The van der Waals surface area contributed by atoms with Crippen molar-refractivity contribution in [2.45, 2.75) is 6.92 Å². The summed E-state index contributed by atoms with van der Waals surface area (Å²) in [5.74, 6) is 0.596. The van der Waals surface area contributed by atoms with Gasteiger partial charge in [0, 0.05) is 54.7 Å². The lowest BCUT2D eigenvalue weighted by molar-refractivity contribution is 0.102. The lowest BCUT2D eigenvalue weighted by atomic mass is 10.1. The van der Waals surface area contributed by atoms with Crippen LogP contribution >= 0.6 is 0 Å². The van der Waals surface area contributed by atoms with Gasteiger partial charge >= 0.3 is 0 Å². The molecule has 1 fully saturated rings. The van der Waals surface area contributed by atoms with Crippen LogP contribution in [0.3, 0.4) is 0 Å². The van der Waals surface area contributed by atoms with Crippen LogP contribution < -0.4 is 15.0 Å². The van der Waals surface area contributed by atoms with Crippen molar-refractivity contribution in [1.82, 2.24) is 9.88 Å². The Bertz CT molecular complexity index is 995. The van der Waals surface area contributed by atoms with E-state index in [2.05, 4.69) is 39.2 Å². The van der Waals surface area contributed by atoms with Gasteiger partial charge in [0.05, 0.1) is 12.6 Å². The summed E-state index contributed by atoms with van der Waals surface area (Å²) in [6, 6.07) is 15.3. The van der Waals surface area contributed by atoms with Gasteiger partial charge in [-0.2, -0.15) is 0 Å². The average Bonchev–Trinajstić information content (AvgIpc) is 2.78. The number of likely N-dealkylation sites (N-methyl/N-ethyl adjacent to an activating group) is 1. The number of benzene rings is 2. The van der Waals surface area contributed by atoms with E-state index in [9.17, 15) is 4.79 Å². The highest BCUT2D eigenvalue weighted by Crippen LogP contribution is 2.25. The normalized spacial score (nSPS) is 14.8. The smallest absolute Gasteiger partial charge is 0.255 e. The molecule has 150 valence electrons. The molecule has 6 heteroatoms. The second-order valence-electron chi connectivity index (χ2n) is 7.17. The van der Waals surface area contributed by atoms with Crippen LogP contribution in [0.15, 0.2) is 54.7 Å². The first-order chi connectivity index (χ1) is 14.2. The number of nitrogens with one attached hydrogen (secondary N) is 1. The van der Waals surface area contributed by atoms with Crippen LogP contribution in [-0.2, 0) is 0 Å². The second kappa shape index (κ2) is 8.49. The molecule has 6 nitrogen and oxygen atoms in total. The van der Waals surface area contributed by atoms with Crippen LogP contribution in [0.25, 0.3) is 10.9 Å². The topological polar surface area (TPSA) is 57.7 Å². The van der Waals surface area contributed by atoms with E-state index in [1.54, 1.807) is 25.4 Å². The third kappa shape index (κ3) is 4.17.